The van der Waals surface area contributed by atoms with Crippen molar-refractivity contribution in [3.05, 3.63) is 28.9 Å². The number of nitriles is 1. The molecule has 2 aromatic rings. The molecule has 3 unspecified atom stereocenters. The molecule has 1 spiro atoms. The van der Waals surface area contributed by atoms with Crippen molar-refractivity contribution in [3.8, 4) is 11.8 Å². The van der Waals surface area contributed by atoms with Gasteiger partial charge in [0, 0.05) is 29.9 Å². The van der Waals surface area contributed by atoms with E-state index in [1.807, 2.05) is 6.07 Å². The summed E-state index contributed by atoms with van der Waals surface area (Å²) in [6.07, 6.45) is 6.75. The Morgan fingerprint density at radius 2 is 2.11 bits per heavy atom. The highest BCUT2D eigenvalue weighted by Gasteiger charge is 2.49. The van der Waals surface area contributed by atoms with Crippen molar-refractivity contribution >= 4 is 40.2 Å². The maximum atomic E-state index is 13.8. The zero-order valence-corrected chi connectivity index (χ0v) is 21.7. The molecule has 2 aliphatic heterocycles. The Labute approximate surface area is 220 Å². The summed E-state index contributed by atoms with van der Waals surface area (Å²) in [5, 5.41) is 16.4. The van der Waals surface area contributed by atoms with E-state index < -0.39 is 12.1 Å². The fourth-order valence-electron chi connectivity index (χ4n) is 6.31. The fourth-order valence-corrected chi connectivity index (χ4v) is 6.61. The van der Waals surface area contributed by atoms with E-state index in [0.717, 1.165) is 32.1 Å². The second-order valence-corrected chi connectivity index (χ2v) is 11.0. The van der Waals surface area contributed by atoms with Crippen molar-refractivity contribution in [1.29, 1.82) is 5.26 Å². The summed E-state index contributed by atoms with van der Waals surface area (Å²) in [5.41, 5.74) is 0.965. The molecule has 3 heterocycles. The number of hydrogen-bond donors (Lipinski definition) is 3. The van der Waals surface area contributed by atoms with E-state index in [2.05, 4.69) is 21.7 Å². The van der Waals surface area contributed by atoms with Crippen molar-refractivity contribution in [3.63, 3.8) is 0 Å². The topological polar surface area (TPSA) is 127 Å². The smallest absolute Gasteiger partial charge is 0.271 e. The molecule has 3 aliphatic rings. The van der Waals surface area contributed by atoms with Gasteiger partial charge < -0.3 is 25.3 Å². The minimum Gasteiger partial charge on any atom is -0.495 e. The van der Waals surface area contributed by atoms with Gasteiger partial charge in [-0.05, 0) is 55.7 Å². The summed E-state index contributed by atoms with van der Waals surface area (Å²) in [7, 11) is 1.54. The van der Waals surface area contributed by atoms with Crippen LogP contribution in [0.4, 0.5) is 0 Å². The minimum atomic E-state index is -0.791. The number of amides is 3. The number of benzene rings is 1. The highest BCUT2D eigenvalue weighted by atomic mass is 35.5. The normalized spacial score (nSPS) is 23.6. The number of carbonyl (C=O) groups excluding carboxylic acids is 3. The van der Waals surface area contributed by atoms with Crippen LogP contribution in [0.25, 0.3) is 10.9 Å². The number of fused-ring (bicyclic) bond motifs is 1. The number of likely N-dealkylation sites (tertiary alicyclic amines) is 1. The summed E-state index contributed by atoms with van der Waals surface area (Å²) in [5.74, 6) is -0.453. The number of rotatable bonds is 6. The molecule has 1 saturated carbocycles. The monoisotopic (exact) mass is 525 g/mol. The van der Waals surface area contributed by atoms with Crippen LogP contribution in [0.1, 0.15) is 61.9 Å². The molecule has 9 nitrogen and oxygen atoms in total. The Kier molecular flexibility index (Phi) is 7.04. The van der Waals surface area contributed by atoms with Crippen LogP contribution in [-0.4, -0.2) is 59.9 Å². The number of nitrogens with zero attached hydrogens (tertiary/aromatic N) is 2. The Morgan fingerprint density at radius 1 is 1.32 bits per heavy atom. The number of methoxy groups -OCH3 is 1. The second-order valence-electron chi connectivity index (χ2n) is 10.6. The molecule has 3 fully saturated rings. The molecule has 3 atom stereocenters. The number of aromatic nitrogens is 1. The van der Waals surface area contributed by atoms with E-state index in [1.54, 1.807) is 17.0 Å². The van der Waals surface area contributed by atoms with Gasteiger partial charge in [0.25, 0.3) is 5.91 Å². The Hall–Kier alpha value is -3.25. The van der Waals surface area contributed by atoms with Crippen molar-refractivity contribution in [2.75, 3.05) is 20.2 Å². The van der Waals surface area contributed by atoms with Gasteiger partial charge >= 0.3 is 0 Å². The number of halogens is 1. The first kappa shape index (κ1) is 25.4. The van der Waals surface area contributed by atoms with E-state index in [0.29, 0.717) is 53.3 Å². The predicted molar refractivity (Wildman–Crippen MR) is 138 cm³/mol. The number of H-pyrrole nitrogens is 1. The van der Waals surface area contributed by atoms with Crippen LogP contribution in [-0.2, 0) is 9.59 Å². The third-order valence-electron chi connectivity index (χ3n) is 8.29. The Bertz CT molecular complexity index is 1260. The van der Waals surface area contributed by atoms with Gasteiger partial charge in [-0.1, -0.05) is 30.9 Å². The van der Waals surface area contributed by atoms with Gasteiger partial charge in [-0.25, -0.2) is 0 Å². The average Bonchev–Trinajstić information content (AvgIpc) is 3.62. The molecule has 1 aliphatic carbocycles. The van der Waals surface area contributed by atoms with E-state index in [9.17, 15) is 19.6 Å². The number of ether oxygens (including phenoxy) is 1. The number of hydrogen-bond acceptors (Lipinski definition) is 5. The van der Waals surface area contributed by atoms with Crippen molar-refractivity contribution in [1.82, 2.24) is 20.5 Å². The molecule has 0 radical (unpaired) electrons. The van der Waals surface area contributed by atoms with Crippen LogP contribution in [0.15, 0.2) is 18.2 Å². The Balaban J connectivity index is 1.39. The SMILES string of the molecule is COc1ccc2[nH]c(C(=O)N3CC4(CCCCC4)CC3C(=O)NC(C#N)CC3CCNC3=O)cc2c1Cl. The third kappa shape index (κ3) is 4.87. The van der Waals surface area contributed by atoms with Crippen molar-refractivity contribution in [2.24, 2.45) is 11.3 Å². The molecule has 1 aromatic heterocycles. The van der Waals surface area contributed by atoms with Crippen LogP contribution in [0, 0.1) is 22.7 Å². The highest BCUT2D eigenvalue weighted by molar-refractivity contribution is 6.37. The third-order valence-corrected chi connectivity index (χ3v) is 8.68. The van der Waals surface area contributed by atoms with Crippen LogP contribution in [0.5, 0.6) is 5.75 Å². The highest BCUT2D eigenvalue weighted by Crippen LogP contribution is 2.47. The molecule has 2 saturated heterocycles. The molecule has 5 rings (SSSR count). The summed E-state index contributed by atoms with van der Waals surface area (Å²) >= 11 is 6.48. The van der Waals surface area contributed by atoms with Gasteiger partial charge in [0.1, 0.15) is 23.5 Å². The van der Waals surface area contributed by atoms with Crippen molar-refractivity contribution < 1.29 is 19.1 Å². The molecule has 196 valence electrons. The molecular weight excluding hydrogens is 494 g/mol. The standard InChI is InChI=1S/C27H32ClN5O4/c1-37-22-6-5-19-18(23(22)28)12-20(32-19)26(36)33-15-27(8-3-2-4-9-27)13-21(33)25(35)31-17(14-29)11-16-7-10-30-24(16)34/h5-6,12,16-17,21,32H,2-4,7-11,13,15H2,1H3,(H,30,34)(H,31,35). The van der Waals surface area contributed by atoms with Crippen molar-refractivity contribution in [2.45, 2.75) is 63.5 Å². The lowest BCUT2D eigenvalue weighted by atomic mass is 9.72. The largest absolute Gasteiger partial charge is 0.495 e. The van der Waals surface area contributed by atoms with Crippen LogP contribution in [0.3, 0.4) is 0 Å². The summed E-state index contributed by atoms with van der Waals surface area (Å²) in [4.78, 5) is 44.2. The first-order valence-corrected chi connectivity index (χ1v) is 13.4. The van der Waals surface area contributed by atoms with E-state index in [-0.39, 0.29) is 35.5 Å². The second kappa shape index (κ2) is 10.3. The van der Waals surface area contributed by atoms with E-state index in [4.69, 9.17) is 16.3 Å². The summed E-state index contributed by atoms with van der Waals surface area (Å²) in [6, 6.07) is 5.92. The molecule has 10 heteroatoms. The quantitative estimate of drug-likeness (QED) is 0.531. The predicted octanol–water partition coefficient (Wildman–Crippen LogP) is 3.53. The maximum absolute atomic E-state index is 13.8. The van der Waals surface area contributed by atoms with Gasteiger partial charge in [-0.15, -0.1) is 0 Å². The molecule has 37 heavy (non-hydrogen) atoms. The lowest BCUT2D eigenvalue weighted by Crippen LogP contribution is -2.49. The van der Waals surface area contributed by atoms with Crippen LogP contribution >= 0.6 is 11.6 Å². The lowest BCUT2D eigenvalue weighted by molar-refractivity contribution is -0.126. The Morgan fingerprint density at radius 3 is 2.78 bits per heavy atom. The molecule has 0 bridgehead atoms. The number of aromatic amines is 1. The van der Waals surface area contributed by atoms with Crippen LogP contribution in [0.2, 0.25) is 5.02 Å². The fraction of sp³-hybridized carbons (Fsp3) is 0.556. The maximum Gasteiger partial charge on any atom is 0.271 e. The molecule has 1 aromatic carbocycles. The van der Waals surface area contributed by atoms with E-state index in [1.165, 1.54) is 7.11 Å². The zero-order chi connectivity index (χ0) is 26.2. The van der Waals surface area contributed by atoms with Gasteiger partial charge in [0.05, 0.1) is 18.2 Å². The minimum absolute atomic E-state index is 0.0811. The van der Waals surface area contributed by atoms with Gasteiger partial charge in [-0.2, -0.15) is 5.26 Å². The summed E-state index contributed by atoms with van der Waals surface area (Å²) < 4.78 is 5.30. The molecular formula is C27H32ClN5O4. The lowest BCUT2D eigenvalue weighted by Gasteiger charge is -2.32. The molecule has 3 amide bonds. The van der Waals surface area contributed by atoms with E-state index >= 15 is 0 Å². The number of carbonyl (C=O) groups is 3. The average molecular weight is 526 g/mol. The number of nitrogens with one attached hydrogen (secondary N) is 3. The summed E-state index contributed by atoms with van der Waals surface area (Å²) in [6.45, 7) is 1.09. The van der Waals surface area contributed by atoms with Gasteiger partial charge in [0.2, 0.25) is 11.8 Å². The van der Waals surface area contributed by atoms with Gasteiger partial charge in [-0.3, -0.25) is 14.4 Å². The zero-order valence-electron chi connectivity index (χ0n) is 20.9. The van der Waals surface area contributed by atoms with Gasteiger partial charge in [0.15, 0.2) is 0 Å². The first-order valence-electron chi connectivity index (χ1n) is 13.0. The first-order chi connectivity index (χ1) is 17.8. The van der Waals surface area contributed by atoms with Crippen LogP contribution < -0.4 is 15.4 Å². The molecule has 3 N–H and O–H groups in total.